The van der Waals surface area contributed by atoms with E-state index in [1.807, 2.05) is 12.1 Å². The Morgan fingerprint density at radius 2 is 2.12 bits per heavy atom. The van der Waals surface area contributed by atoms with Crippen LogP contribution in [0.5, 0.6) is 11.5 Å². The predicted molar refractivity (Wildman–Crippen MR) is 88.4 cm³/mol. The van der Waals surface area contributed by atoms with Gasteiger partial charge in [0.25, 0.3) is 5.91 Å². The standard InChI is InChI=1S/C18H20N2O4/c1-22-15-6-4-14(5-7-15)18(21)20-9-10-23-17(12-20)13-24-16-3-2-8-19-11-16/h2-8,11,17H,9-10,12-13H2,1H3. The van der Waals surface area contributed by atoms with Crippen molar-refractivity contribution in [2.75, 3.05) is 33.4 Å². The van der Waals surface area contributed by atoms with Gasteiger partial charge in [-0.1, -0.05) is 0 Å². The zero-order chi connectivity index (χ0) is 16.8. The largest absolute Gasteiger partial charge is 0.497 e. The maximum absolute atomic E-state index is 12.6. The van der Waals surface area contributed by atoms with Crippen LogP contribution in [0, 0.1) is 0 Å². The number of amides is 1. The lowest BCUT2D eigenvalue weighted by molar-refractivity contribution is -0.0401. The Kier molecular flexibility index (Phi) is 5.28. The van der Waals surface area contributed by atoms with E-state index in [4.69, 9.17) is 14.2 Å². The number of benzene rings is 1. The summed E-state index contributed by atoms with van der Waals surface area (Å²) in [6.45, 7) is 1.97. The molecule has 1 aromatic carbocycles. The molecule has 1 fully saturated rings. The van der Waals surface area contributed by atoms with Crippen molar-refractivity contribution in [3.8, 4) is 11.5 Å². The van der Waals surface area contributed by atoms with E-state index in [9.17, 15) is 4.79 Å². The van der Waals surface area contributed by atoms with Gasteiger partial charge in [0.15, 0.2) is 0 Å². The smallest absolute Gasteiger partial charge is 0.254 e. The maximum Gasteiger partial charge on any atom is 0.254 e. The average Bonchev–Trinajstić information content (AvgIpc) is 2.67. The molecule has 3 rings (SSSR count). The first-order valence-corrected chi connectivity index (χ1v) is 7.84. The molecule has 126 valence electrons. The van der Waals surface area contributed by atoms with E-state index in [1.165, 1.54) is 0 Å². The Bertz CT molecular complexity index is 660. The molecule has 1 saturated heterocycles. The third-order valence-electron chi connectivity index (χ3n) is 3.83. The number of pyridine rings is 1. The number of ether oxygens (including phenoxy) is 3. The van der Waals surface area contributed by atoms with E-state index >= 15 is 0 Å². The Hall–Kier alpha value is -2.60. The van der Waals surface area contributed by atoms with Crippen LogP contribution >= 0.6 is 0 Å². The van der Waals surface area contributed by atoms with E-state index < -0.39 is 0 Å². The van der Waals surface area contributed by atoms with Crippen molar-refractivity contribution in [3.63, 3.8) is 0 Å². The summed E-state index contributed by atoms with van der Waals surface area (Å²) in [7, 11) is 1.60. The molecule has 0 radical (unpaired) electrons. The minimum absolute atomic E-state index is 0.00710. The third-order valence-corrected chi connectivity index (χ3v) is 3.83. The first-order valence-electron chi connectivity index (χ1n) is 7.84. The van der Waals surface area contributed by atoms with E-state index in [1.54, 1.807) is 48.7 Å². The molecule has 0 spiro atoms. The van der Waals surface area contributed by atoms with Crippen molar-refractivity contribution in [2.24, 2.45) is 0 Å². The number of rotatable bonds is 5. The number of nitrogens with zero attached hydrogens (tertiary/aromatic N) is 2. The number of morpholine rings is 1. The summed E-state index contributed by atoms with van der Waals surface area (Å²) in [6.07, 6.45) is 3.20. The Balaban J connectivity index is 1.57. The van der Waals surface area contributed by atoms with Crippen LogP contribution in [0.2, 0.25) is 0 Å². The van der Waals surface area contributed by atoms with E-state index in [0.717, 1.165) is 5.75 Å². The van der Waals surface area contributed by atoms with Crippen molar-refractivity contribution in [1.82, 2.24) is 9.88 Å². The molecule has 24 heavy (non-hydrogen) atoms. The number of aromatic nitrogens is 1. The van der Waals surface area contributed by atoms with Crippen LogP contribution in [0.3, 0.4) is 0 Å². The molecule has 0 saturated carbocycles. The highest BCUT2D eigenvalue weighted by Crippen LogP contribution is 2.16. The lowest BCUT2D eigenvalue weighted by Crippen LogP contribution is -2.47. The molecule has 0 bridgehead atoms. The van der Waals surface area contributed by atoms with Crippen LogP contribution in [0.1, 0.15) is 10.4 Å². The molecule has 2 heterocycles. The summed E-state index contributed by atoms with van der Waals surface area (Å²) < 4.78 is 16.5. The number of hydrogen-bond acceptors (Lipinski definition) is 5. The molecule has 1 aromatic heterocycles. The van der Waals surface area contributed by atoms with Crippen molar-refractivity contribution < 1.29 is 19.0 Å². The average molecular weight is 328 g/mol. The van der Waals surface area contributed by atoms with Gasteiger partial charge in [-0.15, -0.1) is 0 Å². The van der Waals surface area contributed by atoms with Crippen molar-refractivity contribution >= 4 is 5.91 Å². The molecule has 2 aromatic rings. The van der Waals surface area contributed by atoms with Crippen LogP contribution in [0.15, 0.2) is 48.8 Å². The first-order chi connectivity index (χ1) is 11.8. The molecule has 1 unspecified atom stereocenters. The van der Waals surface area contributed by atoms with Crippen LogP contribution < -0.4 is 9.47 Å². The van der Waals surface area contributed by atoms with Gasteiger partial charge in [-0.2, -0.15) is 0 Å². The van der Waals surface area contributed by atoms with Crippen LogP contribution in [0.4, 0.5) is 0 Å². The molecule has 1 amide bonds. The van der Waals surface area contributed by atoms with Crippen molar-refractivity contribution in [2.45, 2.75) is 6.10 Å². The van der Waals surface area contributed by atoms with Crippen LogP contribution in [-0.4, -0.2) is 55.3 Å². The zero-order valence-corrected chi connectivity index (χ0v) is 13.6. The molecule has 1 atom stereocenters. The minimum Gasteiger partial charge on any atom is -0.497 e. The van der Waals surface area contributed by atoms with Gasteiger partial charge in [-0.3, -0.25) is 9.78 Å². The quantitative estimate of drug-likeness (QED) is 0.840. The SMILES string of the molecule is COc1ccc(C(=O)N2CCOC(COc3cccnc3)C2)cc1. The molecular formula is C18H20N2O4. The molecular weight excluding hydrogens is 308 g/mol. The zero-order valence-electron chi connectivity index (χ0n) is 13.6. The fraction of sp³-hybridized carbons (Fsp3) is 0.333. The Morgan fingerprint density at radius 1 is 1.29 bits per heavy atom. The van der Waals surface area contributed by atoms with E-state index in [-0.39, 0.29) is 12.0 Å². The van der Waals surface area contributed by atoms with Gasteiger partial charge in [0.2, 0.25) is 0 Å². The van der Waals surface area contributed by atoms with Crippen LogP contribution in [-0.2, 0) is 4.74 Å². The summed E-state index contributed by atoms with van der Waals surface area (Å²) in [5.74, 6) is 1.42. The summed E-state index contributed by atoms with van der Waals surface area (Å²) in [4.78, 5) is 18.4. The maximum atomic E-state index is 12.6. The summed E-state index contributed by atoms with van der Waals surface area (Å²) >= 11 is 0. The Labute approximate surface area is 141 Å². The lowest BCUT2D eigenvalue weighted by Gasteiger charge is -2.32. The second-order valence-corrected chi connectivity index (χ2v) is 5.47. The molecule has 1 aliphatic heterocycles. The first kappa shape index (κ1) is 16.3. The molecule has 0 N–H and O–H groups in total. The van der Waals surface area contributed by atoms with Gasteiger partial charge in [0.05, 0.1) is 26.5 Å². The predicted octanol–water partition coefficient (Wildman–Crippen LogP) is 2.01. The third kappa shape index (κ3) is 4.02. The number of methoxy groups -OCH3 is 1. The normalized spacial score (nSPS) is 17.4. The second-order valence-electron chi connectivity index (χ2n) is 5.47. The van der Waals surface area contributed by atoms with Gasteiger partial charge < -0.3 is 19.1 Å². The summed E-state index contributed by atoms with van der Waals surface area (Å²) in [5, 5.41) is 0. The summed E-state index contributed by atoms with van der Waals surface area (Å²) in [5.41, 5.74) is 0.643. The number of carbonyl (C=O) groups excluding carboxylic acids is 1. The van der Waals surface area contributed by atoms with Gasteiger partial charge in [0, 0.05) is 18.3 Å². The van der Waals surface area contributed by atoms with Crippen molar-refractivity contribution in [1.29, 1.82) is 0 Å². The highest BCUT2D eigenvalue weighted by molar-refractivity contribution is 5.94. The minimum atomic E-state index is -0.152. The fourth-order valence-corrected chi connectivity index (χ4v) is 2.54. The second kappa shape index (κ2) is 7.79. The molecule has 0 aliphatic carbocycles. The van der Waals surface area contributed by atoms with Gasteiger partial charge in [-0.05, 0) is 36.4 Å². The summed E-state index contributed by atoms with van der Waals surface area (Å²) in [6, 6.07) is 10.8. The van der Waals surface area contributed by atoms with E-state index in [2.05, 4.69) is 4.98 Å². The lowest BCUT2D eigenvalue weighted by atomic mass is 10.1. The highest BCUT2D eigenvalue weighted by atomic mass is 16.5. The number of hydrogen-bond donors (Lipinski definition) is 0. The highest BCUT2D eigenvalue weighted by Gasteiger charge is 2.25. The molecule has 1 aliphatic rings. The van der Waals surface area contributed by atoms with Gasteiger partial charge >= 0.3 is 0 Å². The van der Waals surface area contributed by atoms with Crippen LogP contribution in [0.25, 0.3) is 0 Å². The Morgan fingerprint density at radius 3 is 2.83 bits per heavy atom. The van der Waals surface area contributed by atoms with E-state index in [0.29, 0.717) is 37.6 Å². The van der Waals surface area contributed by atoms with Gasteiger partial charge in [0.1, 0.15) is 24.2 Å². The molecule has 6 nitrogen and oxygen atoms in total. The number of carbonyl (C=O) groups is 1. The molecule has 6 heteroatoms. The monoisotopic (exact) mass is 328 g/mol. The van der Waals surface area contributed by atoms with Crippen molar-refractivity contribution in [3.05, 3.63) is 54.4 Å². The van der Waals surface area contributed by atoms with Gasteiger partial charge in [-0.25, -0.2) is 0 Å². The topological polar surface area (TPSA) is 60.9 Å². The fourth-order valence-electron chi connectivity index (χ4n) is 2.54.